The molecule has 0 aliphatic heterocycles. The Balaban J connectivity index is 0.000000203. The summed E-state index contributed by atoms with van der Waals surface area (Å²) in [4.78, 5) is 10.5. The molecule has 5 nitrogen and oxygen atoms in total. The minimum absolute atomic E-state index is 0.0556. The molecule has 2 aliphatic rings. The van der Waals surface area contributed by atoms with Gasteiger partial charge in [0.15, 0.2) is 0 Å². The van der Waals surface area contributed by atoms with Gasteiger partial charge in [-0.25, -0.2) is 13.6 Å². The summed E-state index contributed by atoms with van der Waals surface area (Å²) in [5, 5.41) is 4.89. The van der Waals surface area contributed by atoms with E-state index in [0.717, 1.165) is 25.7 Å². The Labute approximate surface area is 115 Å². The molecule has 19 heavy (non-hydrogen) atoms. The summed E-state index contributed by atoms with van der Waals surface area (Å²) in [5.41, 5.74) is 0. The third-order valence-corrected chi connectivity index (χ3v) is 5.73. The lowest BCUT2D eigenvalue weighted by atomic mass is 10.0. The van der Waals surface area contributed by atoms with Crippen molar-refractivity contribution < 1.29 is 17.9 Å². The third-order valence-electron chi connectivity index (χ3n) is 4.31. The summed E-state index contributed by atoms with van der Waals surface area (Å²) in [6.45, 7) is 3.81. The molecule has 0 aromatic carbocycles. The SMILES string of the molecule is CCC(C)C(=O)OC.NS(=O)(=O)C1CC2CCC1C2. The lowest BCUT2D eigenvalue weighted by molar-refractivity contribution is -0.144. The van der Waals surface area contributed by atoms with Crippen LogP contribution in [0.3, 0.4) is 0 Å². The predicted octanol–water partition coefficient (Wildman–Crippen LogP) is 1.67. The summed E-state index contributed by atoms with van der Waals surface area (Å²) in [6, 6.07) is 0. The van der Waals surface area contributed by atoms with E-state index in [4.69, 9.17) is 5.14 Å². The van der Waals surface area contributed by atoms with Crippen molar-refractivity contribution in [3.63, 3.8) is 0 Å². The fraction of sp³-hybridized carbons (Fsp3) is 0.923. The van der Waals surface area contributed by atoms with E-state index in [2.05, 4.69) is 4.74 Å². The van der Waals surface area contributed by atoms with E-state index in [0.29, 0.717) is 11.8 Å². The van der Waals surface area contributed by atoms with Crippen LogP contribution in [-0.2, 0) is 19.6 Å². The molecule has 0 radical (unpaired) electrons. The van der Waals surface area contributed by atoms with Gasteiger partial charge < -0.3 is 4.74 Å². The first-order valence-electron chi connectivity index (χ1n) is 6.89. The molecule has 4 unspecified atom stereocenters. The van der Waals surface area contributed by atoms with Gasteiger partial charge in [-0.15, -0.1) is 0 Å². The molecule has 0 heterocycles. The van der Waals surface area contributed by atoms with Crippen molar-refractivity contribution in [1.29, 1.82) is 0 Å². The molecule has 112 valence electrons. The molecule has 2 fully saturated rings. The van der Waals surface area contributed by atoms with Crippen molar-refractivity contribution in [2.45, 2.75) is 51.2 Å². The van der Waals surface area contributed by atoms with Gasteiger partial charge in [-0.3, -0.25) is 4.79 Å². The van der Waals surface area contributed by atoms with E-state index in [9.17, 15) is 13.2 Å². The number of hydrogen-bond donors (Lipinski definition) is 1. The van der Waals surface area contributed by atoms with Crippen LogP contribution in [0, 0.1) is 17.8 Å². The fourth-order valence-corrected chi connectivity index (χ4v) is 4.28. The Morgan fingerprint density at radius 1 is 1.37 bits per heavy atom. The summed E-state index contributed by atoms with van der Waals surface area (Å²) in [6.07, 6.45) is 5.07. The Morgan fingerprint density at radius 3 is 2.21 bits per heavy atom. The first-order valence-corrected chi connectivity index (χ1v) is 8.49. The average molecular weight is 291 g/mol. The molecule has 0 aromatic rings. The lowest BCUT2D eigenvalue weighted by Crippen LogP contribution is -2.32. The summed E-state index contributed by atoms with van der Waals surface area (Å²) in [7, 11) is -1.82. The zero-order valence-corrected chi connectivity index (χ0v) is 12.8. The van der Waals surface area contributed by atoms with Gasteiger partial charge in [-0.05, 0) is 37.5 Å². The minimum Gasteiger partial charge on any atom is -0.469 e. The second kappa shape index (κ2) is 6.70. The second-order valence-electron chi connectivity index (χ2n) is 5.63. The molecule has 0 saturated heterocycles. The summed E-state index contributed by atoms with van der Waals surface area (Å²) >= 11 is 0. The highest BCUT2D eigenvalue weighted by molar-refractivity contribution is 7.89. The summed E-state index contributed by atoms with van der Waals surface area (Å²) in [5.74, 6) is 0.978. The molecule has 6 heteroatoms. The number of carbonyl (C=O) groups excluding carboxylic acids is 1. The van der Waals surface area contributed by atoms with Crippen LogP contribution >= 0.6 is 0 Å². The number of sulfonamides is 1. The number of carbonyl (C=O) groups is 1. The van der Waals surface area contributed by atoms with Gasteiger partial charge in [0.05, 0.1) is 18.3 Å². The van der Waals surface area contributed by atoms with Crippen molar-refractivity contribution in [3.05, 3.63) is 0 Å². The van der Waals surface area contributed by atoms with E-state index < -0.39 is 10.0 Å². The van der Waals surface area contributed by atoms with Gasteiger partial charge in [-0.2, -0.15) is 0 Å². The second-order valence-corrected chi connectivity index (χ2v) is 7.42. The number of fused-ring (bicyclic) bond motifs is 2. The van der Waals surface area contributed by atoms with Gasteiger partial charge in [0.1, 0.15) is 0 Å². The average Bonchev–Trinajstić information content (AvgIpc) is 2.99. The van der Waals surface area contributed by atoms with Crippen molar-refractivity contribution in [2.24, 2.45) is 22.9 Å². The van der Waals surface area contributed by atoms with Gasteiger partial charge in [0, 0.05) is 0 Å². The summed E-state index contributed by atoms with van der Waals surface area (Å²) < 4.78 is 26.5. The molecule has 0 spiro atoms. The van der Waals surface area contributed by atoms with E-state index in [1.54, 1.807) is 0 Å². The molecule has 0 amide bonds. The lowest BCUT2D eigenvalue weighted by Gasteiger charge is -2.18. The number of esters is 1. The number of ether oxygens (including phenoxy) is 1. The molecule has 0 aromatic heterocycles. The Hall–Kier alpha value is -0.620. The first-order chi connectivity index (χ1) is 8.79. The minimum atomic E-state index is -3.23. The van der Waals surface area contributed by atoms with Crippen molar-refractivity contribution in [1.82, 2.24) is 0 Å². The molecule has 2 rings (SSSR count). The van der Waals surface area contributed by atoms with Crippen molar-refractivity contribution in [3.8, 4) is 0 Å². The topological polar surface area (TPSA) is 86.5 Å². The monoisotopic (exact) mass is 291 g/mol. The van der Waals surface area contributed by atoms with Crippen LogP contribution in [0.2, 0.25) is 0 Å². The largest absolute Gasteiger partial charge is 0.469 e. The Bertz CT molecular complexity index is 407. The molecule has 2 bridgehead atoms. The Morgan fingerprint density at radius 2 is 2.00 bits per heavy atom. The molecule has 2 aliphatic carbocycles. The van der Waals surface area contributed by atoms with E-state index in [-0.39, 0.29) is 17.1 Å². The third kappa shape index (κ3) is 4.45. The van der Waals surface area contributed by atoms with Crippen LogP contribution in [0.1, 0.15) is 46.0 Å². The standard InChI is InChI=1S/C7H13NO2S.C6H12O2/c8-11(9,10)7-4-5-1-2-6(7)3-5;1-4-5(2)6(7)8-3/h5-7H,1-4H2,(H2,8,9,10);5H,4H2,1-3H3. The maximum atomic E-state index is 11.0. The maximum absolute atomic E-state index is 11.0. The van der Waals surface area contributed by atoms with Crippen LogP contribution in [0.4, 0.5) is 0 Å². The normalized spacial score (nSPS) is 30.4. The van der Waals surface area contributed by atoms with E-state index in [1.165, 1.54) is 13.5 Å². The van der Waals surface area contributed by atoms with Gasteiger partial charge in [-0.1, -0.05) is 20.3 Å². The van der Waals surface area contributed by atoms with E-state index >= 15 is 0 Å². The van der Waals surface area contributed by atoms with Crippen LogP contribution in [0.25, 0.3) is 0 Å². The first kappa shape index (κ1) is 16.4. The van der Waals surface area contributed by atoms with E-state index in [1.807, 2.05) is 13.8 Å². The number of methoxy groups -OCH3 is 1. The highest BCUT2D eigenvalue weighted by atomic mass is 32.2. The smallest absolute Gasteiger partial charge is 0.308 e. The number of nitrogens with two attached hydrogens (primary N) is 1. The highest BCUT2D eigenvalue weighted by Gasteiger charge is 2.44. The molecular formula is C13H25NO4S. The van der Waals surface area contributed by atoms with Gasteiger partial charge in [0.25, 0.3) is 0 Å². The quantitative estimate of drug-likeness (QED) is 0.801. The molecule has 4 atom stereocenters. The Kier molecular flexibility index (Phi) is 5.80. The van der Waals surface area contributed by atoms with Crippen molar-refractivity contribution >= 4 is 16.0 Å². The number of hydrogen-bond acceptors (Lipinski definition) is 4. The number of rotatable bonds is 3. The number of primary sulfonamides is 1. The predicted molar refractivity (Wildman–Crippen MR) is 73.8 cm³/mol. The van der Waals surface area contributed by atoms with Gasteiger partial charge >= 0.3 is 5.97 Å². The maximum Gasteiger partial charge on any atom is 0.308 e. The zero-order valence-electron chi connectivity index (χ0n) is 12.0. The molecule has 2 saturated carbocycles. The highest BCUT2D eigenvalue weighted by Crippen LogP contribution is 2.46. The van der Waals surface area contributed by atoms with Crippen LogP contribution in [0.15, 0.2) is 0 Å². The van der Waals surface area contributed by atoms with Crippen LogP contribution in [0.5, 0.6) is 0 Å². The van der Waals surface area contributed by atoms with Crippen LogP contribution in [-0.4, -0.2) is 26.7 Å². The molecular weight excluding hydrogens is 266 g/mol. The van der Waals surface area contributed by atoms with Crippen molar-refractivity contribution in [2.75, 3.05) is 7.11 Å². The fourth-order valence-electron chi connectivity index (χ4n) is 2.96. The van der Waals surface area contributed by atoms with Gasteiger partial charge in [0.2, 0.25) is 10.0 Å². The zero-order chi connectivity index (χ0) is 14.6. The molecule has 2 N–H and O–H groups in total. The van der Waals surface area contributed by atoms with Crippen LogP contribution < -0.4 is 5.14 Å².